The zero-order valence-electron chi connectivity index (χ0n) is 21.7. The molecule has 0 N–H and O–H groups in total. The van der Waals surface area contributed by atoms with Gasteiger partial charge in [-0.1, -0.05) is 43.5 Å². The molecule has 0 heterocycles. The average Bonchev–Trinajstić information content (AvgIpc) is 2.74. The van der Waals surface area contributed by atoms with E-state index in [9.17, 15) is 0 Å². The van der Waals surface area contributed by atoms with Crippen molar-refractivity contribution in [1.29, 1.82) is 0 Å². The van der Waals surface area contributed by atoms with E-state index in [1.807, 2.05) is 0 Å². The van der Waals surface area contributed by atoms with E-state index in [4.69, 9.17) is 0 Å². The summed E-state index contributed by atoms with van der Waals surface area (Å²) in [7, 11) is -0.267. The Balaban J connectivity index is 3.19. The van der Waals surface area contributed by atoms with Gasteiger partial charge in [-0.3, -0.25) is 0 Å². The molecule has 0 atom stereocenters. The van der Waals surface area contributed by atoms with Crippen LogP contribution in [0.2, 0.25) is 0 Å². The van der Waals surface area contributed by atoms with Crippen molar-refractivity contribution in [3.05, 3.63) is 44.5 Å². The van der Waals surface area contributed by atoms with Crippen molar-refractivity contribution in [2.45, 2.75) is 83.1 Å². The highest BCUT2D eigenvalue weighted by Gasteiger charge is 2.28. The van der Waals surface area contributed by atoms with E-state index in [2.05, 4.69) is 83.1 Å². The Morgan fingerprint density at radius 2 is 0.600 bits per heavy atom. The number of rotatable bonds is 7. The van der Waals surface area contributed by atoms with Crippen LogP contribution in [0.15, 0.2) is 0 Å². The van der Waals surface area contributed by atoms with E-state index in [1.54, 1.807) is 32.9 Å². The molecule has 0 aliphatic heterocycles. The lowest BCUT2D eigenvalue weighted by molar-refractivity contribution is 1.21. The quantitative estimate of drug-likeness (QED) is 0.380. The van der Waals surface area contributed by atoms with E-state index in [0.717, 1.165) is 0 Å². The molecule has 30 heavy (non-hydrogen) atoms. The first-order valence-electron chi connectivity index (χ1n) is 11.8. The molecule has 2 aromatic rings. The first-order valence-corrected chi connectivity index (χ1v) is 15.2. The van der Waals surface area contributed by atoms with Crippen LogP contribution in [0.3, 0.4) is 0 Å². The maximum atomic E-state index is 2.40. The summed E-state index contributed by atoms with van der Waals surface area (Å²) in [6.45, 7) is 28.5. The fourth-order valence-corrected chi connectivity index (χ4v) is 9.70. The van der Waals surface area contributed by atoms with Gasteiger partial charge >= 0.3 is 0 Å². The molecule has 0 unspecified atom stereocenters. The summed E-state index contributed by atoms with van der Waals surface area (Å²) in [5, 5.41) is 3.40. The fraction of sp³-hybridized carbons (Fsp3) is 0.571. The summed E-state index contributed by atoms with van der Waals surface area (Å²) >= 11 is 0. The van der Waals surface area contributed by atoms with Crippen molar-refractivity contribution in [1.82, 2.24) is 0 Å². The molecule has 0 amide bonds. The molecule has 0 saturated heterocycles. The average molecular weight is 443 g/mol. The monoisotopic (exact) mass is 442 g/mol. The molecule has 0 aliphatic carbocycles. The first-order chi connectivity index (χ1) is 14.1. The van der Waals surface area contributed by atoms with Gasteiger partial charge in [0.25, 0.3) is 0 Å². The fourth-order valence-electron chi connectivity index (χ4n) is 5.07. The SMILES string of the molecule is CCP(CC)c1c(C)c(C)c(C)c(C)c1-c1c(C)c(C)c(C)c(C)c1P(CC)CC. The van der Waals surface area contributed by atoms with Gasteiger partial charge in [-0.15, -0.1) is 0 Å². The Morgan fingerprint density at radius 3 is 0.833 bits per heavy atom. The minimum atomic E-state index is -0.134. The van der Waals surface area contributed by atoms with E-state index >= 15 is 0 Å². The van der Waals surface area contributed by atoms with Gasteiger partial charge in [-0.2, -0.15) is 0 Å². The van der Waals surface area contributed by atoms with Crippen LogP contribution in [0.4, 0.5) is 0 Å². The standard InChI is InChI=1S/C28H44P2/c1-13-29(14-2)27-23(11)19(7)17(5)21(9)25(27)26-22(10)18(6)20(8)24(12)28(26)30(15-3)16-4/h13-16H2,1-12H3. The zero-order valence-corrected chi connectivity index (χ0v) is 23.5. The number of benzene rings is 2. The smallest absolute Gasteiger partial charge is 0.00629 e. The molecule has 166 valence electrons. The van der Waals surface area contributed by atoms with Crippen LogP contribution >= 0.6 is 15.8 Å². The summed E-state index contributed by atoms with van der Waals surface area (Å²) in [6, 6.07) is 0. The normalized spacial score (nSPS) is 11.8. The largest absolute Gasteiger partial charge is 0.0749 e. The highest BCUT2D eigenvalue weighted by atomic mass is 31.1. The minimum Gasteiger partial charge on any atom is -0.0749 e. The Bertz CT molecular complexity index is 852. The third-order valence-corrected chi connectivity index (χ3v) is 13.2. The topological polar surface area (TPSA) is 0 Å². The molecular formula is C28H44P2. The van der Waals surface area contributed by atoms with E-state index < -0.39 is 0 Å². The Kier molecular flexibility index (Phi) is 8.76. The molecule has 2 heteroatoms. The van der Waals surface area contributed by atoms with Gasteiger partial charge in [0.1, 0.15) is 0 Å². The van der Waals surface area contributed by atoms with Gasteiger partial charge in [0.2, 0.25) is 0 Å². The van der Waals surface area contributed by atoms with Crippen LogP contribution in [0.1, 0.15) is 72.2 Å². The second-order valence-electron chi connectivity index (χ2n) is 8.79. The Morgan fingerprint density at radius 1 is 0.367 bits per heavy atom. The molecule has 0 nitrogen and oxygen atoms in total. The minimum absolute atomic E-state index is 0.134. The van der Waals surface area contributed by atoms with Crippen LogP contribution in [0.25, 0.3) is 11.1 Å². The van der Waals surface area contributed by atoms with E-state index in [1.165, 1.54) is 58.0 Å². The number of hydrogen-bond donors (Lipinski definition) is 0. The molecule has 0 fully saturated rings. The summed E-state index contributed by atoms with van der Waals surface area (Å²) in [4.78, 5) is 0. The summed E-state index contributed by atoms with van der Waals surface area (Å²) in [5.41, 5.74) is 15.4. The predicted octanol–water partition coefficient (Wildman–Crippen LogP) is 8.11. The summed E-state index contributed by atoms with van der Waals surface area (Å²) in [6.07, 6.45) is 5.10. The van der Waals surface area contributed by atoms with Crippen molar-refractivity contribution in [2.24, 2.45) is 0 Å². The van der Waals surface area contributed by atoms with Crippen molar-refractivity contribution < 1.29 is 0 Å². The maximum absolute atomic E-state index is 2.40. The zero-order chi connectivity index (χ0) is 22.9. The molecular weight excluding hydrogens is 398 g/mol. The molecule has 2 rings (SSSR count). The highest BCUT2D eigenvalue weighted by molar-refractivity contribution is 7.66. The lowest BCUT2D eigenvalue weighted by Crippen LogP contribution is -2.23. The molecule has 0 radical (unpaired) electrons. The van der Waals surface area contributed by atoms with Crippen LogP contribution < -0.4 is 10.6 Å². The van der Waals surface area contributed by atoms with Crippen LogP contribution in [0.5, 0.6) is 0 Å². The van der Waals surface area contributed by atoms with Crippen molar-refractivity contribution in [2.75, 3.05) is 24.6 Å². The van der Waals surface area contributed by atoms with Crippen molar-refractivity contribution >= 4 is 26.5 Å². The van der Waals surface area contributed by atoms with E-state index in [-0.39, 0.29) is 15.8 Å². The maximum Gasteiger partial charge on any atom is -0.00629 e. The second kappa shape index (κ2) is 10.3. The van der Waals surface area contributed by atoms with Gasteiger partial charge in [0.15, 0.2) is 0 Å². The van der Waals surface area contributed by atoms with Crippen LogP contribution in [0, 0.1) is 55.4 Å². The van der Waals surface area contributed by atoms with Crippen LogP contribution in [-0.4, -0.2) is 24.6 Å². The van der Waals surface area contributed by atoms with Gasteiger partial charge in [0, 0.05) is 0 Å². The van der Waals surface area contributed by atoms with Crippen molar-refractivity contribution in [3.8, 4) is 11.1 Å². The molecule has 0 spiro atoms. The van der Waals surface area contributed by atoms with Crippen LogP contribution in [-0.2, 0) is 0 Å². The van der Waals surface area contributed by atoms with Gasteiger partial charge in [0.05, 0.1) is 0 Å². The molecule has 2 aromatic carbocycles. The summed E-state index contributed by atoms with van der Waals surface area (Å²) in [5.74, 6) is 0. The molecule has 0 aliphatic rings. The van der Waals surface area contributed by atoms with E-state index in [0.29, 0.717) is 0 Å². The number of hydrogen-bond acceptors (Lipinski definition) is 0. The van der Waals surface area contributed by atoms with Gasteiger partial charge < -0.3 is 0 Å². The van der Waals surface area contributed by atoms with Gasteiger partial charge in [-0.25, -0.2) is 0 Å². The predicted molar refractivity (Wildman–Crippen MR) is 145 cm³/mol. The second-order valence-corrected chi connectivity index (χ2v) is 14.4. The van der Waals surface area contributed by atoms with Crippen molar-refractivity contribution in [3.63, 3.8) is 0 Å². The third-order valence-electron chi connectivity index (χ3n) is 7.72. The third kappa shape index (κ3) is 4.17. The lowest BCUT2D eigenvalue weighted by Gasteiger charge is -2.32. The first kappa shape index (κ1) is 25.6. The summed E-state index contributed by atoms with van der Waals surface area (Å²) < 4.78 is 0. The highest BCUT2D eigenvalue weighted by Crippen LogP contribution is 2.47. The Labute approximate surface area is 189 Å². The Hall–Kier alpha value is -0.700. The van der Waals surface area contributed by atoms with Gasteiger partial charge in [-0.05, 0) is 146 Å². The molecule has 0 bridgehead atoms. The molecule has 0 saturated carbocycles. The lowest BCUT2D eigenvalue weighted by atomic mass is 9.85. The molecule has 0 aromatic heterocycles.